The zero-order chi connectivity index (χ0) is 25.4. The van der Waals surface area contributed by atoms with Gasteiger partial charge in [-0.25, -0.2) is 8.42 Å². The summed E-state index contributed by atoms with van der Waals surface area (Å²) in [5.41, 5.74) is 0.0170. The molecular formula is C23H19ClF3N3O3S2. The molecule has 3 aromatic rings. The maximum absolute atomic E-state index is 13.6. The number of hydrogen-bond acceptors (Lipinski definition) is 6. The van der Waals surface area contributed by atoms with Crippen LogP contribution in [0.2, 0.25) is 4.34 Å². The monoisotopic (exact) mass is 541 g/mol. The Balaban J connectivity index is 1.69. The zero-order valence-corrected chi connectivity index (χ0v) is 20.7. The van der Waals surface area contributed by atoms with E-state index in [9.17, 15) is 21.6 Å². The van der Waals surface area contributed by atoms with Crippen molar-refractivity contribution in [2.75, 3.05) is 24.9 Å². The number of alkyl halides is 3. The van der Waals surface area contributed by atoms with E-state index >= 15 is 0 Å². The highest BCUT2D eigenvalue weighted by Crippen LogP contribution is 2.41. The molecule has 0 spiro atoms. The van der Waals surface area contributed by atoms with Gasteiger partial charge >= 0.3 is 6.18 Å². The summed E-state index contributed by atoms with van der Waals surface area (Å²) in [5.74, 6) is -0.441. The molecule has 1 aromatic heterocycles. The van der Waals surface area contributed by atoms with Crippen molar-refractivity contribution in [1.82, 2.24) is 4.90 Å². The number of sulfonamides is 1. The number of nitrogens with one attached hydrogen (secondary N) is 1. The Morgan fingerprint density at radius 2 is 2.00 bits per heavy atom. The van der Waals surface area contributed by atoms with E-state index in [1.807, 2.05) is 18.0 Å². The molecule has 0 amide bonds. The number of likely N-dealkylation sites (N-methyl/N-ethyl adjacent to an activating group) is 1. The van der Waals surface area contributed by atoms with Crippen LogP contribution in [-0.4, -0.2) is 39.6 Å². The van der Waals surface area contributed by atoms with Crippen LogP contribution in [0.4, 0.5) is 18.9 Å². The second-order valence-electron chi connectivity index (χ2n) is 8.05. The van der Waals surface area contributed by atoms with Gasteiger partial charge in [-0.2, -0.15) is 18.4 Å². The number of anilines is 1. The molecule has 0 radical (unpaired) electrons. The number of benzene rings is 2. The van der Waals surface area contributed by atoms with Gasteiger partial charge in [0.1, 0.15) is 16.1 Å². The minimum atomic E-state index is -4.67. The highest BCUT2D eigenvalue weighted by atomic mass is 35.5. The molecule has 1 atom stereocenters. The Morgan fingerprint density at radius 3 is 2.66 bits per heavy atom. The number of nitriles is 1. The van der Waals surface area contributed by atoms with Gasteiger partial charge in [-0.1, -0.05) is 23.7 Å². The van der Waals surface area contributed by atoms with Gasteiger partial charge in [0.15, 0.2) is 0 Å². The molecule has 0 aliphatic carbocycles. The van der Waals surface area contributed by atoms with Crippen LogP contribution in [0, 0.1) is 11.3 Å². The third kappa shape index (κ3) is 5.73. The summed E-state index contributed by atoms with van der Waals surface area (Å²) in [5, 5.41) is 9.16. The maximum atomic E-state index is 13.6. The van der Waals surface area contributed by atoms with Crippen LogP contribution < -0.4 is 9.46 Å². The van der Waals surface area contributed by atoms with Crippen molar-refractivity contribution in [2.24, 2.45) is 0 Å². The molecule has 12 heteroatoms. The van der Waals surface area contributed by atoms with Gasteiger partial charge in [0, 0.05) is 24.7 Å². The van der Waals surface area contributed by atoms with Crippen LogP contribution >= 0.6 is 22.9 Å². The van der Waals surface area contributed by atoms with Crippen molar-refractivity contribution in [2.45, 2.75) is 22.9 Å². The van der Waals surface area contributed by atoms with Crippen LogP contribution in [0.15, 0.2) is 52.7 Å². The van der Waals surface area contributed by atoms with E-state index < -0.39 is 33.6 Å². The molecule has 184 valence electrons. The van der Waals surface area contributed by atoms with Crippen molar-refractivity contribution >= 4 is 38.6 Å². The van der Waals surface area contributed by atoms with Crippen molar-refractivity contribution in [3.8, 4) is 22.9 Å². The lowest BCUT2D eigenvalue weighted by molar-refractivity contribution is -0.139. The third-order valence-corrected chi connectivity index (χ3v) is 8.58. The van der Waals surface area contributed by atoms with Crippen molar-refractivity contribution in [3.05, 3.63) is 64.0 Å². The van der Waals surface area contributed by atoms with Crippen LogP contribution in [0.5, 0.6) is 5.75 Å². The predicted octanol–water partition coefficient (Wildman–Crippen LogP) is 5.84. The molecule has 1 saturated heterocycles. The van der Waals surface area contributed by atoms with E-state index in [-0.39, 0.29) is 19.8 Å². The largest absolute Gasteiger partial charge is 0.488 e. The first-order chi connectivity index (χ1) is 16.5. The van der Waals surface area contributed by atoms with Gasteiger partial charge in [-0.3, -0.25) is 4.72 Å². The average molecular weight is 542 g/mol. The number of rotatable bonds is 6. The Kier molecular flexibility index (Phi) is 7.02. The minimum Gasteiger partial charge on any atom is -0.488 e. The first-order valence-electron chi connectivity index (χ1n) is 10.4. The summed E-state index contributed by atoms with van der Waals surface area (Å²) in [4.78, 5) is 1.94. The topological polar surface area (TPSA) is 82.4 Å². The number of hydrogen-bond donors (Lipinski definition) is 1. The van der Waals surface area contributed by atoms with Gasteiger partial charge in [0.2, 0.25) is 0 Å². The van der Waals surface area contributed by atoms with E-state index in [0.717, 1.165) is 29.5 Å². The first kappa shape index (κ1) is 25.3. The standard InChI is InChI=1S/C23H19ClF3N3O3S2/c1-30-8-7-17(13-30)33-20-10-16(5-6-19(20)23(25,26)27)29-35(31,32)22-18(11-21(24)34-22)15-4-2-3-14(9-15)12-28/h2-6,9-11,17,29H,7-8,13H2,1H3/t17-/m1/s1. The smallest absolute Gasteiger partial charge is 0.419 e. The van der Waals surface area contributed by atoms with E-state index in [4.69, 9.17) is 21.6 Å². The number of ether oxygens (including phenoxy) is 1. The van der Waals surface area contributed by atoms with Crippen molar-refractivity contribution in [3.63, 3.8) is 0 Å². The molecule has 1 N–H and O–H groups in total. The maximum Gasteiger partial charge on any atom is 0.419 e. The summed E-state index contributed by atoms with van der Waals surface area (Å²) < 4.78 is 75.3. The van der Waals surface area contributed by atoms with E-state index in [1.165, 1.54) is 12.1 Å². The molecule has 0 unspecified atom stereocenters. The minimum absolute atomic E-state index is 0.0828. The van der Waals surface area contributed by atoms with Gasteiger partial charge in [-0.15, -0.1) is 11.3 Å². The zero-order valence-electron chi connectivity index (χ0n) is 18.3. The van der Waals surface area contributed by atoms with Gasteiger partial charge in [0.25, 0.3) is 10.0 Å². The number of thiophene rings is 1. The number of halogens is 4. The fourth-order valence-electron chi connectivity index (χ4n) is 3.79. The Morgan fingerprint density at radius 1 is 1.23 bits per heavy atom. The number of likely N-dealkylation sites (tertiary alicyclic amines) is 1. The first-order valence-corrected chi connectivity index (χ1v) is 13.0. The normalized spacial score (nSPS) is 16.7. The molecule has 1 fully saturated rings. The van der Waals surface area contributed by atoms with Gasteiger partial charge in [-0.05, 0) is 49.4 Å². The van der Waals surface area contributed by atoms with Crippen molar-refractivity contribution < 1.29 is 26.3 Å². The van der Waals surface area contributed by atoms with Crippen molar-refractivity contribution in [1.29, 1.82) is 5.26 Å². The molecule has 6 nitrogen and oxygen atoms in total. The van der Waals surface area contributed by atoms with Gasteiger partial charge in [0.05, 0.1) is 27.2 Å². The predicted molar refractivity (Wildman–Crippen MR) is 128 cm³/mol. The Hall–Kier alpha value is -2.78. The molecule has 1 aliphatic heterocycles. The second kappa shape index (κ2) is 9.70. The van der Waals surface area contributed by atoms with Crippen LogP contribution in [-0.2, 0) is 16.2 Å². The Labute approximate surface area is 209 Å². The lowest BCUT2D eigenvalue weighted by Gasteiger charge is -2.19. The van der Waals surface area contributed by atoms with E-state index in [0.29, 0.717) is 30.6 Å². The average Bonchev–Trinajstić information content (AvgIpc) is 3.38. The fraction of sp³-hybridized carbons (Fsp3) is 0.261. The molecule has 0 saturated carbocycles. The Bertz CT molecular complexity index is 1400. The molecular weight excluding hydrogens is 523 g/mol. The van der Waals surface area contributed by atoms with E-state index in [1.54, 1.807) is 18.2 Å². The van der Waals surface area contributed by atoms with Gasteiger partial charge < -0.3 is 9.64 Å². The summed E-state index contributed by atoms with van der Waals surface area (Å²) in [6, 6.07) is 12.7. The van der Waals surface area contributed by atoms with Crippen LogP contribution in [0.1, 0.15) is 17.5 Å². The highest BCUT2D eigenvalue weighted by molar-refractivity contribution is 7.94. The molecule has 4 rings (SSSR count). The molecule has 2 aromatic carbocycles. The third-order valence-electron chi connectivity index (χ3n) is 5.40. The summed E-state index contributed by atoms with van der Waals surface area (Å²) in [7, 11) is -2.39. The quantitative estimate of drug-likeness (QED) is 0.424. The molecule has 1 aliphatic rings. The van der Waals surface area contributed by atoms with Crippen LogP contribution in [0.25, 0.3) is 11.1 Å². The summed E-state index contributed by atoms with van der Waals surface area (Å²) in [6.07, 6.45) is -4.55. The fourth-order valence-corrected chi connectivity index (χ4v) is 6.74. The van der Waals surface area contributed by atoms with Crippen LogP contribution in [0.3, 0.4) is 0 Å². The summed E-state index contributed by atoms with van der Waals surface area (Å²) >= 11 is 6.92. The number of nitrogens with zero attached hydrogens (tertiary/aromatic N) is 2. The SMILES string of the molecule is CN1CC[C@@H](Oc2cc(NS(=O)(=O)c3sc(Cl)cc3-c3cccc(C#N)c3)ccc2C(F)(F)F)C1. The lowest BCUT2D eigenvalue weighted by Crippen LogP contribution is -2.23. The molecule has 2 heterocycles. The summed E-state index contributed by atoms with van der Waals surface area (Å²) in [6.45, 7) is 1.15. The molecule has 35 heavy (non-hydrogen) atoms. The lowest BCUT2D eigenvalue weighted by atomic mass is 10.1. The van der Waals surface area contributed by atoms with E-state index in [2.05, 4.69) is 4.72 Å². The molecule has 0 bridgehead atoms. The second-order valence-corrected chi connectivity index (χ2v) is 11.6. The highest BCUT2D eigenvalue weighted by Gasteiger charge is 2.36.